The van der Waals surface area contributed by atoms with Gasteiger partial charge >= 0.3 is 0 Å². The maximum atomic E-state index is 13.6. The molecule has 1 fully saturated rings. The number of alkyl halides is 2. The Balaban J connectivity index is 2.15. The van der Waals surface area contributed by atoms with E-state index in [0.717, 1.165) is 42.8 Å². The van der Waals surface area contributed by atoms with E-state index >= 15 is 0 Å². The van der Waals surface area contributed by atoms with E-state index in [1.54, 1.807) is 6.08 Å². The first-order valence-corrected chi connectivity index (χ1v) is 10.5. The van der Waals surface area contributed by atoms with Gasteiger partial charge in [-0.1, -0.05) is 48.6 Å². The average Bonchev–Trinajstić information content (AvgIpc) is 2.62. The number of rotatable bonds is 8. The van der Waals surface area contributed by atoms with Crippen LogP contribution < -0.4 is 5.73 Å². The van der Waals surface area contributed by atoms with Gasteiger partial charge in [-0.2, -0.15) is 0 Å². The minimum atomic E-state index is -2.51. The van der Waals surface area contributed by atoms with Gasteiger partial charge in [0.05, 0.1) is 0 Å². The van der Waals surface area contributed by atoms with E-state index in [1.807, 2.05) is 13.0 Å². The van der Waals surface area contributed by atoms with Gasteiger partial charge in [-0.05, 0) is 64.0 Å². The molecule has 0 aromatic carbocycles. The predicted octanol–water partition coefficient (Wildman–Crippen LogP) is 6.80. The molecule has 1 saturated carbocycles. The lowest BCUT2D eigenvalue weighted by Gasteiger charge is -2.39. The summed E-state index contributed by atoms with van der Waals surface area (Å²) in [5.41, 5.74) is 13.1. The SMILES string of the molecule is C=C/C=C(\C=C(C)C)CC1=C(N)CCC(CN(C(=C)C)C2CCC(F)(F)CC2)=C1. The molecule has 0 radical (unpaired) electrons. The molecule has 0 aliphatic heterocycles. The Kier molecular flexibility index (Phi) is 8.06. The van der Waals surface area contributed by atoms with Gasteiger partial charge in [0.25, 0.3) is 0 Å². The molecule has 2 rings (SSSR count). The van der Waals surface area contributed by atoms with Crippen LogP contribution in [0, 0.1) is 0 Å². The number of nitrogens with two attached hydrogens (primary N) is 1. The first-order chi connectivity index (χ1) is 13.6. The van der Waals surface area contributed by atoms with E-state index in [1.165, 1.54) is 16.7 Å². The van der Waals surface area contributed by atoms with Crippen LogP contribution >= 0.6 is 0 Å². The van der Waals surface area contributed by atoms with E-state index in [9.17, 15) is 8.78 Å². The van der Waals surface area contributed by atoms with Crippen molar-refractivity contribution in [2.24, 2.45) is 5.73 Å². The second kappa shape index (κ2) is 10.1. The largest absolute Gasteiger partial charge is 0.402 e. The third-order valence-corrected chi connectivity index (χ3v) is 5.70. The Labute approximate surface area is 175 Å². The molecule has 0 heterocycles. The third kappa shape index (κ3) is 7.02. The van der Waals surface area contributed by atoms with Crippen LogP contribution in [-0.4, -0.2) is 23.4 Å². The van der Waals surface area contributed by atoms with Crippen LogP contribution in [0.2, 0.25) is 0 Å². The van der Waals surface area contributed by atoms with Crippen LogP contribution in [0.5, 0.6) is 0 Å². The summed E-state index contributed by atoms with van der Waals surface area (Å²) in [7, 11) is 0. The molecule has 0 unspecified atom stereocenters. The van der Waals surface area contributed by atoms with E-state index in [0.29, 0.717) is 12.8 Å². The fraction of sp³-hybridized carbons (Fsp3) is 0.520. The number of allylic oxidation sites excluding steroid dienone is 9. The molecular formula is C25H36F2N2. The highest BCUT2D eigenvalue weighted by molar-refractivity contribution is 5.40. The van der Waals surface area contributed by atoms with E-state index in [4.69, 9.17) is 5.73 Å². The summed E-state index contributed by atoms with van der Waals surface area (Å²) < 4.78 is 27.2. The molecule has 0 spiro atoms. The second-order valence-electron chi connectivity index (χ2n) is 8.68. The highest BCUT2D eigenvalue weighted by atomic mass is 19.3. The van der Waals surface area contributed by atoms with Crippen LogP contribution in [0.3, 0.4) is 0 Å². The fourth-order valence-corrected chi connectivity index (χ4v) is 4.19. The molecule has 0 aromatic heterocycles. The van der Waals surface area contributed by atoms with Crippen molar-refractivity contribution in [3.05, 3.63) is 71.1 Å². The van der Waals surface area contributed by atoms with Gasteiger partial charge in [0.1, 0.15) is 0 Å². The fourth-order valence-electron chi connectivity index (χ4n) is 4.19. The van der Waals surface area contributed by atoms with Crippen LogP contribution in [0.25, 0.3) is 0 Å². The molecule has 160 valence electrons. The zero-order chi connectivity index (χ0) is 21.6. The normalized spacial score (nSPS) is 20.2. The van der Waals surface area contributed by atoms with Crippen molar-refractivity contribution < 1.29 is 8.78 Å². The lowest BCUT2D eigenvalue weighted by Crippen LogP contribution is -2.40. The molecule has 2 aliphatic carbocycles. The molecule has 0 amide bonds. The van der Waals surface area contributed by atoms with Crippen molar-refractivity contribution in [1.29, 1.82) is 0 Å². The minimum absolute atomic E-state index is 0.0307. The Bertz CT molecular complexity index is 739. The second-order valence-corrected chi connectivity index (χ2v) is 8.68. The van der Waals surface area contributed by atoms with Gasteiger partial charge in [-0.3, -0.25) is 0 Å². The monoisotopic (exact) mass is 402 g/mol. The van der Waals surface area contributed by atoms with Crippen molar-refractivity contribution in [2.45, 2.75) is 77.7 Å². The van der Waals surface area contributed by atoms with Gasteiger partial charge in [0.2, 0.25) is 5.92 Å². The van der Waals surface area contributed by atoms with Gasteiger partial charge in [-0.15, -0.1) is 0 Å². The zero-order valence-corrected chi connectivity index (χ0v) is 18.2. The summed E-state index contributed by atoms with van der Waals surface area (Å²) >= 11 is 0. The van der Waals surface area contributed by atoms with Gasteiger partial charge in [0, 0.05) is 36.8 Å². The van der Waals surface area contributed by atoms with Crippen LogP contribution in [-0.2, 0) is 0 Å². The Morgan fingerprint density at radius 2 is 1.90 bits per heavy atom. The van der Waals surface area contributed by atoms with Crippen LogP contribution in [0.1, 0.15) is 65.7 Å². The Morgan fingerprint density at radius 3 is 2.45 bits per heavy atom. The maximum absolute atomic E-state index is 13.6. The quantitative estimate of drug-likeness (QED) is 0.452. The summed E-state index contributed by atoms with van der Waals surface area (Å²) in [6.07, 6.45) is 11.7. The first kappa shape index (κ1) is 23.2. The average molecular weight is 403 g/mol. The molecular weight excluding hydrogens is 366 g/mol. The van der Waals surface area contributed by atoms with Crippen LogP contribution in [0.4, 0.5) is 8.78 Å². The van der Waals surface area contributed by atoms with Crippen molar-refractivity contribution in [1.82, 2.24) is 4.90 Å². The number of halogens is 2. The van der Waals surface area contributed by atoms with Crippen molar-refractivity contribution in [3.8, 4) is 0 Å². The zero-order valence-electron chi connectivity index (χ0n) is 18.2. The Hall–Kier alpha value is -2.10. The summed E-state index contributed by atoms with van der Waals surface area (Å²) in [6, 6.07) is 0.140. The highest BCUT2D eigenvalue weighted by Gasteiger charge is 2.37. The van der Waals surface area contributed by atoms with Crippen molar-refractivity contribution >= 4 is 0 Å². The molecule has 0 atom stereocenters. The Morgan fingerprint density at radius 1 is 1.24 bits per heavy atom. The lowest BCUT2D eigenvalue weighted by atomic mass is 9.89. The smallest absolute Gasteiger partial charge is 0.248 e. The van der Waals surface area contributed by atoms with Gasteiger partial charge in [0.15, 0.2) is 0 Å². The lowest BCUT2D eigenvalue weighted by molar-refractivity contribution is -0.0498. The molecule has 0 aromatic rings. The van der Waals surface area contributed by atoms with E-state index in [-0.39, 0.29) is 18.9 Å². The summed E-state index contributed by atoms with van der Waals surface area (Å²) in [5.74, 6) is -2.51. The number of hydrogen-bond donors (Lipinski definition) is 1. The van der Waals surface area contributed by atoms with Crippen LogP contribution in [0.15, 0.2) is 71.1 Å². The molecule has 0 bridgehead atoms. The van der Waals surface area contributed by atoms with E-state index < -0.39 is 5.92 Å². The minimum Gasteiger partial charge on any atom is -0.402 e. The van der Waals surface area contributed by atoms with Crippen molar-refractivity contribution in [3.63, 3.8) is 0 Å². The summed E-state index contributed by atoms with van der Waals surface area (Å²) in [5, 5.41) is 0. The molecule has 0 saturated heterocycles. The third-order valence-electron chi connectivity index (χ3n) is 5.70. The van der Waals surface area contributed by atoms with Gasteiger partial charge < -0.3 is 10.6 Å². The molecule has 4 heteroatoms. The van der Waals surface area contributed by atoms with Gasteiger partial charge in [-0.25, -0.2) is 8.78 Å². The summed E-state index contributed by atoms with van der Waals surface area (Å²) in [6.45, 7) is 14.8. The number of nitrogens with zero attached hydrogens (tertiary/aromatic N) is 1. The molecule has 29 heavy (non-hydrogen) atoms. The van der Waals surface area contributed by atoms with Crippen molar-refractivity contribution in [2.75, 3.05) is 6.54 Å². The summed E-state index contributed by atoms with van der Waals surface area (Å²) in [4.78, 5) is 2.22. The first-order valence-electron chi connectivity index (χ1n) is 10.5. The predicted molar refractivity (Wildman–Crippen MR) is 120 cm³/mol. The standard InChI is InChI=1S/C25H36F2N2/c1-6-7-20(14-18(2)3)15-22-16-21(8-9-24(22)28)17-29(19(4)5)23-10-12-25(26,27)13-11-23/h6-7,14,16,23H,1,4,8-13,15,17,28H2,2-3,5H3/b20-7+. The maximum Gasteiger partial charge on any atom is 0.248 e. The molecule has 2 aliphatic rings. The van der Waals surface area contributed by atoms with E-state index in [2.05, 4.69) is 44.1 Å². The molecule has 2 N–H and O–H groups in total. The molecule has 2 nitrogen and oxygen atoms in total. The highest BCUT2D eigenvalue weighted by Crippen LogP contribution is 2.37. The topological polar surface area (TPSA) is 29.3 Å². The number of hydrogen-bond acceptors (Lipinski definition) is 2.